The van der Waals surface area contributed by atoms with Crippen LogP contribution in [0.2, 0.25) is 0 Å². The maximum absolute atomic E-state index is 13.2. The lowest BCUT2D eigenvalue weighted by Gasteiger charge is -2.31. The number of nitrogens with zero attached hydrogens (tertiary/aromatic N) is 1. The quantitative estimate of drug-likeness (QED) is 0.711. The van der Waals surface area contributed by atoms with Gasteiger partial charge in [0.05, 0.1) is 18.1 Å². The van der Waals surface area contributed by atoms with E-state index in [2.05, 4.69) is 0 Å². The molecule has 0 aromatic heterocycles. The summed E-state index contributed by atoms with van der Waals surface area (Å²) >= 11 is 0. The van der Waals surface area contributed by atoms with E-state index in [1.54, 1.807) is 22.5 Å². The Bertz CT molecular complexity index is 636. The molecule has 0 bridgehead atoms. The zero-order valence-corrected chi connectivity index (χ0v) is 15.9. The van der Waals surface area contributed by atoms with Crippen molar-refractivity contribution in [3.05, 3.63) is 18.2 Å². The Balaban J connectivity index is 2.41. The van der Waals surface area contributed by atoms with Gasteiger partial charge in [0.25, 0.3) is 0 Å². The number of hydrogen-bond acceptors (Lipinski definition) is 4. The lowest BCUT2D eigenvalue weighted by molar-refractivity contribution is 0.274. The highest BCUT2D eigenvalue weighted by Crippen LogP contribution is 2.34. The maximum Gasteiger partial charge on any atom is 0.243 e. The second-order valence-electron chi connectivity index (χ2n) is 6.34. The van der Waals surface area contributed by atoms with E-state index in [4.69, 9.17) is 9.47 Å². The van der Waals surface area contributed by atoms with Gasteiger partial charge in [0.1, 0.15) is 0 Å². The van der Waals surface area contributed by atoms with Gasteiger partial charge in [0.2, 0.25) is 10.0 Å². The van der Waals surface area contributed by atoms with E-state index in [-0.39, 0.29) is 17.0 Å². The van der Waals surface area contributed by atoms with Gasteiger partial charge in [-0.25, -0.2) is 8.42 Å². The summed E-state index contributed by atoms with van der Waals surface area (Å²) in [5, 5.41) is 0. The molecule has 0 unspecified atom stereocenters. The molecule has 1 aromatic rings. The van der Waals surface area contributed by atoms with Crippen LogP contribution in [-0.2, 0) is 10.0 Å². The Hall–Kier alpha value is -1.27. The molecule has 136 valence electrons. The van der Waals surface area contributed by atoms with Crippen molar-refractivity contribution in [1.29, 1.82) is 0 Å². The zero-order chi connectivity index (χ0) is 17.7. The van der Waals surface area contributed by atoms with Crippen LogP contribution in [0.1, 0.15) is 53.4 Å². The van der Waals surface area contributed by atoms with Crippen LogP contribution in [0.25, 0.3) is 0 Å². The molecule has 0 aliphatic heterocycles. The Kier molecular flexibility index (Phi) is 6.52. The number of hydrogen-bond donors (Lipinski definition) is 0. The Morgan fingerprint density at radius 1 is 1.08 bits per heavy atom. The van der Waals surface area contributed by atoms with Crippen molar-refractivity contribution in [1.82, 2.24) is 4.31 Å². The predicted octanol–water partition coefficient (Wildman–Crippen LogP) is 3.83. The molecule has 24 heavy (non-hydrogen) atoms. The van der Waals surface area contributed by atoms with Gasteiger partial charge in [-0.05, 0) is 52.7 Å². The van der Waals surface area contributed by atoms with Crippen LogP contribution in [0, 0.1) is 0 Å². The number of ether oxygens (including phenoxy) is 2. The third-order valence-corrected chi connectivity index (χ3v) is 6.41. The summed E-state index contributed by atoms with van der Waals surface area (Å²) in [6.45, 7) is 8.60. The van der Waals surface area contributed by atoms with E-state index < -0.39 is 10.0 Å². The molecular formula is C18H29NO4S. The molecule has 1 saturated carbocycles. The standard InChI is InChI=1S/C18H29NO4S/c1-5-22-17-12-11-16(13-18(17)23-6-2)24(20,21)19(14(3)4)15-9-7-8-10-15/h11-15H,5-10H2,1-4H3. The van der Waals surface area contributed by atoms with Crippen molar-refractivity contribution in [2.24, 2.45) is 0 Å². The fourth-order valence-corrected chi connectivity index (χ4v) is 5.27. The molecule has 1 fully saturated rings. The van der Waals surface area contributed by atoms with Gasteiger partial charge in [-0.3, -0.25) is 0 Å². The Morgan fingerprint density at radius 2 is 1.67 bits per heavy atom. The van der Waals surface area contributed by atoms with E-state index >= 15 is 0 Å². The van der Waals surface area contributed by atoms with Crippen molar-refractivity contribution in [2.75, 3.05) is 13.2 Å². The second kappa shape index (κ2) is 8.21. The number of sulfonamides is 1. The molecule has 1 aromatic carbocycles. The van der Waals surface area contributed by atoms with Crippen molar-refractivity contribution in [3.8, 4) is 11.5 Å². The molecule has 0 saturated heterocycles. The van der Waals surface area contributed by atoms with Gasteiger partial charge in [0.15, 0.2) is 11.5 Å². The van der Waals surface area contributed by atoms with Crippen LogP contribution in [-0.4, -0.2) is 38.0 Å². The monoisotopic (exact) mass is 355 g/mol. The first-order valence-corrected chi connectivity index (χ1v) is 10.3. The fraction of sp³-hybridized carbons (Fsp3) is 0.667. The molecule has 0 spiro atoms. The number of benzene rings is 1. The SMILES string of the molecule is CCOc1ccc(S(=O)(=O)N(C(C)C)C2CCCC2)cc1OCC. The minimum Gasteiger partial charge on any atom is -0.490 e. The molecule has 0 radical (unpaired) electrons. The van der Waals surface area contributed by atoms with Crippen molar-refractivity contribution >= 4 is 10.0 Å². The van der Waals surface area contributed by atoms with Gasteiger partial charge < -0.3 is 9.47 Å². The highest BCUT2D eigenvalue weighted by Gasteiger charge is 2.35. The molecule has 1 aliphatic carbocycles. The predicted molar refractivity (Wildman–Crippen MR) is 95.2 cm³/mol. The molecule has 1 aliphatic rings. The third-order valence-electron chi connectivity index (χ3n) is 4.28. The normalized spacial score (nSPS) is 16.1. The highest BCUT2D eigenvalue weighted by atomic mass is 32.2. The van der Waals surface area contributed by atoms with Gasteiger partial charge in [-0.1, -0.05) is 12.8 Å². The van der Waals surface area contributed by atoms with E-state index in [9.17, 15) is 8.42 Å². The second-order valence-corrected chi connectivity index (χ2v) is 8.18. The molecule has 5 nitrogen and oxygen atoms in total. The first-order chi connectivity index (χ1) is 11.4. The maximum atomic E-state index is 13.2. The topological polar surface area (TPSA) is 55.8 Å². The van der Waals surface area contributed by atoms with Crippen LogP contribution in [0.5, 0.6) is 11.5 Å². The Labute approximate surface area is 146 Å². The van der Waals surface area contributed by atoms with E-state index in [1.807, 2.05) is 27.7 Å². The van der Waals surface area contributed by atoms with E-state index in [1.165, 1.54) is 0 Å². The van der Waals surface area contributed by atoms with E-state index in [0.29, 0.717) is 24.7 Å². The molecule has 2 rings (SSSR count). The lowest BCUT2D eigenvalue weighted by Crippen LogP contribution is -2.43. The van der Waals surface area contributed by atoms with Gasteiger partial charge in [0, 0.05) is 18.2 Å². The summed E-state index contributed by atoms with van der Waals surface area (Å²) < 4.78 is 39.2. The first-order valence-electron chi connectivity index (χ1n) is 8.85. The van der Waals surface area contributed by atoms with Crippen molar-refractivity contribution in [2.45, 2.75) is 70.4 Å². The fourth-order valence-electron chi connectivity index (χ4n) is 3.37. The van der Waals surface area contributed by atoms with Crippen LogP contribution < -0.4 is 9.47 Å². The molecule has 6 heteroatoms. The van der Waals surface area contributed by atoms with Crippen molar-refractivity contribution in [3.63, 3.8) is 0 Å². The van der Waals surface area contributed by atoms with Gasteiger partial charge >= 0.3 is 0 Å². The molecule has 0 heterocycles. The smallest absolute Gasteiger partial charge is 0.243 e. The molecular weight excluding hydrogens is 326 g/mol. The largest absolute Gasteiger partial charge is 0.490 e. The van der Waals surface area contributed by atoms with Crippen LogP contribution in [0.3, 0.4) is 0 Å². The van der Waals surface area contributed by atoms with Crippen LogP contribution >= 0.6 is 0 Å². The summed E-state index contributed by atoms with van der Waals surface area (Å²) in [5.41, 5.74) is 0. The summed E-state index contributed by atoms with van der Waals surface area (Å²) in [6.07, 6.45) is 4.06. The van der Waals surface area contributed by atoms with Crippen LogP contribution in [0.15, 0.2) is 23.1 Å². The summed E-state index contributed by atoms with van der Waals surface area (Å²) in [5.74, 6) is 1.06. The number of rotatable bonds is 8. The summed E-state index contributed by atoms with van der Waals surface area (Å²) in [4.78, 5) is 0.273. The first kappa shape index (κ1) is 19.1. The minimum atomic E-state index is -3.56. The Morgan fingerprint density at radius 3 is 2.21 bits per heavy atom. The summed E-state index contributed by atoms with van der Waals surface area (Å²) in [7, 11) is -3.56. The highest BCUT2D eigenvalue weighted by molar-refractivity contribution is 7.89. The third kappa shape index (κ3) is 4.03. The average Bonchev–Trinajstić information content (AvgIpc) is 3.02. The van der Waals surface area contributed by atoms with E-state index in [0.717, 1.165) is 25.7 Å². The molecule has 0 atom stereocenters. The van der Waals surface area contributed by atoms with Gasteiger partial charge in [-0.2, -0.15) is 4.31 Å². The minimum absolute atomic E-state index is 0.0692. The lowest BCUT2D eigenvalue weighted by atomic mass is 10.2. The zero-order valence-electron chi connectivity index (χ0n) is 15.1. The molecule has 0 amide bonds. The molecule has 0 N–H and O–H groups in total. The van der Waals surface area contributed by atoms with Crippen LogP contribution in [0.4, 0.5) is 0 Å². The van der Waals surface area contributed by atoms with Crippen molar-refractivity contribution < 1.29 is 17.9 Å². The van der Waals surface area contributed by atoms with Gasteiger partial charge in [-0.15, -0.1) is 0 Å². The average molecular weight is 356 g/mol. The summed E-state index contributed by atoms with van der Waals surface area (Å²) in [6, 6.07) is 4.92.